The van der Waals surface area contributed by atoms with Crippen molar-refractivity contribution in [3.63, 3.8) is 0 Å². The van der Waals surface area contributed by atoms with E-state index in [2.05, 4.69) is 28.4 Å². The third-order valence-corrected chi connectivity index (χ3v) is 6.20. The molecule has 7 heteroatoms. The Bertz CT molecular complexity index is 845. The van der Waals surface area contributed by atoms with E-state index in [1.54, 1.807) is 6.07 Å². The molecular weight excluding hydrogens is 386 g/mol. The van der Waals surface area contributed by atoms with Gasteiger partial charge in [0, 0.05) is 63.1 Å². The number of nitrogens with zero attached hydrogens (tertiary/aromatic N) is 2. The molecule has 4 rings (SSSR count). The van der Waals surface area contributed by atoms with Crippen molar-refractivity contribution < 1.29 is 14.3 Å². The molecule has 0 aliphatic carbocycles. The first-order valence-corrected chi connectivity index (χ1v) is 11.2. The topological polar surface area (TPSA) is 61.9 Å². The summed E-state index contributed by atoms with van der Waals surface area (Å²) < 4.78 is 5.58. The number of thiophene rings is 1. The highest BCUT2D eigenvalue weighted by molar-refractivity contribution is 7.08. The van der Waals surface area contributed by atoms with Crippen LogP contribution in [0.5, 0.6) is 5.75 Å². The van der Waals surface area contributed by atoms with Crippen LogP contribution in [0, 0.1) is 0 Å². The Morgan fingerprint density at radius 1 is 1.14 bits per heavy atom. The monoisotopic (exact) mass is 413 g/mol. The molecule has 0 saturated carbocycles. The number of hydrogen-bond donors (Lipinski definition) is 1. The number of hydrogen-bond acceptors (Lipinski definition) is 5. The van der Waals surface area contributed by atoms with Gasteiger partial charge in [0.2, 0.25) is 5.91 Å². The van der Waals surface area contributed by atoms with Crippen LogP contribution in [0.4, 0.5) is 0 Å². The second-order valence-corrected chi connectivity index (χ2v) is 8.35. The number of amides is 2. The molecule has 2 aromatic rings. The standard InChI is InChI=1S/C22H27N3O3S/c26-21(2-1-7-23-22(27)19-6-13-29-16-19)25-10-8-24(9-11-25)15-17-3-4-20-18(14-17)5-12-28-20/h3-4,6,13-14,16H,1-2,5,7-12,15H2,(H,23,27). The molecule has 0 unspecified atom stereocenters. The van der Waals surface area contributed by atoms with Crippen LogP contribution in [0.25, 0.3) is 0 Å². The number of ether oxygens (including phenoxy) is 1. The third-order valence-electron chi connectivity index (χ3n) is 5.52. The molecule has 1 saturated heterocycles. The molecule has 1 aromatic carbocycles. The Hall–Kier alpha value is -2.38. The summed E-state index contributed by atoms with van der Waals surface area (Å²) in [4.78, 5) is 28.7. The second-order valence-electron chi connectivity index (χ2n) is 7.57. The lowest BCUT2D eigenvalue weighted by molar-refractivity contribution is -0.133. The number of carbonyl (C=O) groups excluding carboxylic acids is 2. The van der Waals surface area contributed by atoms with Crippen LogP contribution in [0.3, 0.4) is 0 Å². The van der Waals surface area contributed by atoms with Crippen molar-refractivity contribution in [3.05, 3.63) is 51.7 Å². The van der Waals surface area contributed by atoms with Gasteiger partial charge in [-0.15, -0.1) is 0 Å². The van der Waals surface area contributed by atoms with Crippen molar-refractivity contribution in [3.8, 4) is 5.75 Å². The van der Waals surface area contributed by atoms with Crippen molar-refractivity contribution in [2.24, 2.45) is 0 Å². The average molecular weight is 414 g/mol. The van der Waals surface area contributed by atoms with Crippen LogP contribution in [-0.2, 0) is 17.8 Å². The first-order valence-electron chi connectivity index (χ1n) is 10.2. The highest BCUT2D eigenvalue weighted by Gasteiger charge is 2.21. The van der Waals surface area contributed by atoms with E-state index >= 15 is 0 Å². The molecule has 0 radical (unpaired) electrons. The van der Waals surface area contributed by atoms with E-state index in [9.17, 15) is 9.59 Å². The van der Waals surface area contributed by atoms with Crippen LogP contribution in [0.15, 0.2) is 35.0 Å². The van der Waals surface area contributed by atoms with E-state index < -0.39 is 0 Å². The molecule has 1 aromatic heterocycles. The molecule has 2 amide bonds. The second kappa shape index (κ2) is 9.41. The van der Waals surface area contributed by atoms with Crippen LogP contribution in [0.1, 0.15) is 34.3 Å². The van der Waals surface area contributed by atoms with Gasteiger partial charge in [0.15, 0.2) is 0 Å². The Balaban J connectivity index is 1.14. The molecule has 29 heavy (non-hydrogen) atoms. The summed E-state index contributed by atoms with van der Waals surface area (Å²) in [7, 11) is 0. The maximum Gasteiger partial charge on any atom is 0.252 e. The van der Waals surface area contributed by atoms with Gasteiger partial charge in [-0.2, -0.15) is 11.3 Å². The molecule has 154 valence electrons. The lowest BCUT2D eigenvalue weighted by Gasteiger charge is -2.35. The fraction of sp³-hybridized carbons (Fsp3) is 0.455. The smallest absolute Gasteiger partial charge is 0.252 e. The molecule has 6 nitrogen and oxygen atoms in total. The molecule has 2 aliphatic heterocycles. The first kappa shape index (κ1) is 19.9. The molecule has 0 spiro atoms. The predicted molar refractivity (Wildman–Crippen MR) is 113 cm³/mol. The lowest BCUT2D eigenvalue weighted by Crippen LogP contribution is -2.48. The zero-order valence-corrected chi connectivity index (χ0v) is 17.4. The van der Waals surface area contributed by atoms with Gasteiger partial charge in [-0.1, -0.05) is 12.1 Å². The Morgan fingerprint density at radius 2 is 2.00 bits per heavy atom. The van der Waals surface area contributed by atoms with Crippen LogP contribution in [0.2, 0.25) is 0 Å². The summed E-state index contributed by atoms with van der Waals surface area (Å²) in [5.74, 6) is 1.14. The summed E-state index contributed by atoms with van der Waals surface area (Å²) in [5.41, 5.74) is 3.31. The Labute approximate surface area is 175 Å². The van der Waals surface area contributed by atoms with Gasteiger partial charge in [0.1, 0.15) is 5.75 Å². The van der Waals surface area contributed by atoms with E-state index in [0.717, 1.165) is 51.5 Å². The van der Waals surface area contributed by atoms with Crippen LogP contribution < -0.4 is 10.1 Å². The normalized spacial score (nSPS) is 16.3. The minimum absolute atomic E-state index is 0.0644. The van der Waals surface area contributed by atoms with Crippen LogP contribution >= 0.6 is 11.3 Å². The fourth-order valence-electron chi connectivity index (χ4n) is 3.85. The van der Waals surface area contributed by atoms with E-state index in [0.29, 0.717) is 24.9 Å². The highest BCUT2D eigenvalue weighted by Crippen LogP contribution is 2.26. The molecule has 3 heterocycles. The number of carbonyl (C=O) groups is 2. The third kappa shape index (κ3) is 5.16. The molecule has 0 bridgehead atoms. The minimum atomic E-state index is -0.0644. The molecule has 2 aliphatic rings. The van der Waals surface area contributed by atoms with Crippen molar-refractivity contribution >= 4 is 23.2 Å². The van der Waals surface area contributed by atoms with Gasteiger partial charge in [0.25, 0.3) is 5.91 Å². The van der Waals surface area contributed by atoms with Gasteiger partial charge in [0.05, 0.1) is 6.61 Å². The number of benzene rings is 1. The minimum Gasteiger partial charge on any atom is -0.493 e. The van der Waals surface area contributed by atoms with Crippen molar-refractivity contribution in [1.29, 1.82) is 0 Å². The summed E-state index contributed by atoms with van der Waals surface area (Å²) in [6.07, 6.45) is 2.15. The number of rotatable bonds is 7. The van der Waals surface area contributed by atoms with E-state index in [4.69, 9.17) is 4.74 Å². The SMILES string of the molecule is O=C(NCCCC(=O)N1CCN(Cc2ccc3c(c2)CCO3)CC1)c1ccsc1. The zero-order valence-electron chi connectivity index (χ0n) is 16.6. The highest BCUT2D eigenvalue weighted by atomic mass is 32.1. The summed E-state index contributed by atoms with van der Waals surface area (Å²) in [6.45, 7) is 5.58. The molecular formula is C22H27N3O3S. The quantitative estimate of drug-likeness (QED) is 0.709. The molecule has 1 N–H and O–H groups in total. The average Bonchev–Trinajstić information content (AvgIpc) is 3.43. The van der Waals surface area contributed by atoms with E-state index in [1.165, 1.54) is 22.5 Å². The number of piperazine rings is 1. The number of fused-ring (bicyclic) bond motifs is 1. The van der Waals surface area contributed by atoms with Gasteiger partial charge in [-0.05, 0) is 35.1 Å². The summed E-state index contributed by atoms with van der Waals surface area (Å²) in [6, 6.07) is 8.28. The van der Waals surface area contributed by atoms with Gasteiger partial charge >= 0.3 is 0 Å². The van der Waals surface area contributed by atoms with Gasteiger partial charge in [-0.3, -0.25) is 14.5 Å². The summed E-state index contributed by atoms with van der Waals surface area (Å²) >= 11 is 1.51. The largest absolute Gasteiger partial charge is 0.493 e. The number of nitrogens with one attached hydrogen (secondary N) is 1. The summed E-state index contributed by atoms with van der Waals surface area (Å²) in [5, 5.41) is 6.59. The van der Waals surface area contributed by atoms with Crippen molar-refractivity contribution in [2.45, 2.75) is 25.8 Å². The van der Waals surface area contributed by atoms with E-state index in [1.807, 2.05) is 15.7 Å². The predicted octanol–water partition coefficient (Wildman–Crippen LogP) is 2.54. The maximum atomic E-state index is 12.4. The Kier molecular flexibility index (Phi) is 6.46. The lowest BCUT2D eigenvalue weighted by atomic mass is 10.1. The Morgan fingerprint density at radius 3 is 2.79 bits per heavy atom. The van der Waals surface area contributed by atoms with Gasteiger partial charge in [-0.25, -0.2) is 0 Å². The van der Waals surface area contributed by atoms with Gasteiger partial charge < -0.3 is 15.0 Å². The maximum absolute atomic E-state index is 12.4. The molecule has 0 atom stereocenters. The zero-order chi connectivity index (χ0) is 20.1. The van der Waals surface area contributed by atoms with Crippen molar-refractivity contribution in [2.75, 3.05) is 39.3 Å². The first-order chi connectivity index (χ1) is 14.2. The van der Waals surface area contributed by atoms with E-state index in [-0.39, 0.29) is 11.8 Å². The fourth-order valence-corrected chi connectivity index (χ4v) is 4.48. The van der Waals surface area contributed by atoms with Crippen molar-refractivity contribution in [1.82, 2.24) is 15.1 Å². The van der Waals surface area contributed by atoms with Crippen LogP contribution in [-0.4, -0.2) is 60.9 Å². The molecule has 1 fully saturated rings.